The normalized spacial score (nSPS) is 12.8. The predicted molar refractivity (Wildman–Crippen MR) is 164 cm³/mol. The molecule has 2 unspecified atom stereocenters. The topological polar surface area (TPSA) is 65.5 Å². The summed E-state index contributed by atoms with van der Waals surface area (Å²) in [7, 11) is 2.80. The Hall–Kier alpha value is -3.61. The van der Waals surface area contributed by atoms with Gasteiger partial charge in [0.1, 0.15) is 0 Å². The number of carbonyl (C=O) groups is 2. The van der Waals surface area contributed by atoms with Gasteiger partial charge >= 0.3 is 11.9 Å². The van der Waals surface area contributed by atoms with Gasteiger partial charge in [0.15, 0.2) is 0 Å². The van der Waals surface area contributed by atoms with E-state index >= 15 is 0 Å². The van der Waals surface area contributed by atoms with Gasteiger partial charge in [-0.05, 0) is 72.4 Å². The zero-order chi connectivity index (χ0) is 28.5. The highest BCUT2D eigenvalue weighted by molar-refractivity contribution is 7.99. The number of rotatable bonds is 11. The lowest BCUT2D eigenvalue weighted by Gasteiger charge is -2.20. The zero-order valence-corrected chi connectivity index (χ0v) is 24.4. The fourth-order valence-electron chi connectivity index (χ4n) is 4.42. The largest absolute Gasteiger partial charge is 0.469 e. The fraction of sp³-hybridized carbons (Fsp3) is 0.242. The standard InChI is InChI=1S/C33H32ClNO4S/c1-22(18-32(36)38-2)10-17-31(40-29-9-5-8-26(20-29)33(37)39-3)25-7-4-6-23(19-25)11-15-28-16-13-24-12-14-27(34)21-30(24)35-28/h4-9,11-16,19-22,31H,10,17-18H2,1-3H3/b15-11+. The maximum absolute atomic E-state index is 12.1. The Labute approximate surface area is 244 Å². The van der Waals surface area contributed by atoms with Crippen LogP contribution >= 0.6 is 23.4 Å². The number of carbonyl (C=O) groups excluding carboxylic acids is 2. The van der Waals surface area contributed by atoms with E-state index in [0.29, 0.717) is 17.0 Å². The van der Waals surface area contributed by atoms with Crippen molar-refractivity contribution in [1.82, 2.24) is 4.98 Å². The summed E-state index contributed by atoms with van der Waals surface area (Å²) in [6, 6.07) is 25.6. The average molecular weight is 574 g/mol. The lowest BCUT2D eigenvalue weighted by atomic mass is 9.97. The summed E-state index contributed by atoms with van der Waals surface area (Å²) in [6.07, 6.45) is 6.15. The maximum Gasteiger partial charge on any atom is 0.337 e. The van der Waals surface area contributed by atoms with Crippen molar-refractivity contribution in [1.29, 1.82) is 0 Å². The molecule has 7 heteroatoms. The summed E-state index contributed by atoms with van der Waals surface area (Å²) >= 11 is 7.86. The van der Waals surface area contributed by atoms with E-state index in [2.05, 4.69) is 37.3 Å². The molecule has 0 bridgehead atoms. The molecular weight excluding hydrogens is 542 g/mol. The van der Waals surface area contributed by atoms with Crippen LogP contribution in [0.5, 0.6) is 0 Å². The number of fused-ring (bicyclic) bond motifs is 1. The number of pyridine rings is 1. The van der Waals surface area contributed by atoms with Crippen LogP contribution in [0.3, 0.4) is 0 Å². The molecule has 1 aromatic heterocycles. The Kier molecular flexibility index (Phi) is 10.4. The molecule has 0 aliphatic rings. The van der Waals surface area contributed by atoms with Crippen LogP contribution in [0, 0.1) is 5.92 Å². The number of thioether (sulfide) groups is 1. The molecule has 0 N–H and O–H groups in total. The molecule has 0 saturated carbocycles. The summed E-state index contributed by atoms with van der Waals surface area (Å²) in [5.74, 6) is -0.367. The van der Waals surface area contributed by atoms with Gasteiger partial charge in [0.25, 0.3) is 0 Å². The summed E-state index contributed by atoms with van der Waals surface area (Å²) in [5.41, 5.74) is 4.45. The van der Waals surface area contributed by atoms with E-state index in [1.807, 2.05) is 54.6 Å². The van der Waals surface area contributed by atoms with Crippen molar-refractivity contribution < 1.29 is 19.1 Å². The van der Waals surface area contributed by atoms with Crippen molar-refractivity contribution in [3.8, 4) is 0 Å². The Morgan fingerprint density at radius 3 is 2.52 bits per heavy atom. The molecule has 4 aromatic rings. The lowest BCUT2D eigenvalue weighted by molar-refractivity contribution is -0.141. The third kappa shape index (κ3) is 8.20. The molecule has 0 spiro atoms. The third-order valence-electron chi connectivity index (χ3n) is 6.60. The second-order valence-electron chi connectivity index (χ2n) is 9.67. The zero-order valence-electron chi connectivity index (χ0n) is 22.8. The van der Waals surface area contributed by atoms with Gasteiger partial charge in [0.05, 0.1) is 31.0 Å². The quantitative estimate of drug-likeness (QED) is 0.132. The molecule has 0 fully saturated rings. The first-order chi connectivity index (χ1) is 19.3. The molecule has 5 nitrogen and oxygen atoms in total. The van der Waals surface area contributed by atoms with Crippen LogP contribution < -0.4 is 0 Å². The van der Waals surface area contributed by atoms with Crippen molar-refractivity contribution >= 4 is 58.4 Å². The molecule has 0 amide bonds. The van der Waals surface area contributed by atoms with Crippen LogP contribution in [-0.2, 0) is 14.3 Å². The second kappa shape index (κ2) is 14.1. The van der Waals surface area contributed by atoms with E-state index in [0.717, 1.165) is 39.9 Å². The molecule has 3 aromatic carbocycles. The van der Waals surface area contributed by atoms with Gasteiger partial charge in [0, 0.05) is 27.0 Å². The van der Waals surface area contributed by atoms with E-state index < -0.39 is 0 Å². The van der Waals surface area contributed by atoms with Crippen LogP contribution in [0.4, 0.5) is 0 Å². The molecule has 2 atom stereocenters. The molecule has 0 radical (unpaired) electrons. The maximum atomic E-state index is 12.1. The van der Waals surface area contributed by atoms with E-state index in [9.17, 15) is 9.59 Å². The minimum absolute atomic E-state index is 0.113. The molecule has 4 rings (SSSR count). The fourth-order valence-corrected chi connectivity index (χ4v) is 5.81. The number of esters is 2. The van der Waals surface area contributed by atoms with Crippen LogP contribution in [0.15, 0.2) is 83.8 Å². The van der Waals surface area contributed by atoms with Crippen molar-refractivity contribution in [2.75, 3.05) is 14.2 Å². The number of benzene rings is 3. The van der Waals surface area contributed by atoms with Gasteiger partial charge in [-0.1, -0.05) is 67.1 Å². The number of nitrogens with zero attached hydrogens (tertiary/aromatic N) is 1. The smallest absolute Gasteiger partial charge is 0.337 e. The van der Waals surface area contributed by atoms with Crippen LogP contribution in [-0.4, -0.2) is 31.1 Å². The van der Waals surface area contributed by atoms with Crippen LogP contribution in [0.2, 0.25) is 5.02 Å². The van der Waals surface area contributed by atoms with E-state index in [1.54, 1.807) is 17.8 Å². The molecule has 0 saturated heterocycles. The van der Waals surface area contributed by atoms with E-state index in [-0.39, 0.29) is 23.1 Å². The van der Waals surface area contributed by atoms with Crippen molar-refractivity contribution in [2.45, 2.75) is 36.3 Å². The minimum atomic E-state index is -0.359. The van der Waals surface area contributed by atoms with Gasteiger partial charge < -0.3 is 9.47 Å². The van der Waals surface area contributed by atoms with Crippen molar-refractivity contribution in [3.63, 3.8) is 0 Å². The van der Waals surface area contributed by atoms with Gasteiger partial charge in [-0.3, -0.25) is 4.79 Å². The third-order valence-corrected chi connectivity index (χ3v) is 8.16. The summed E-state index contributed by atoms with van der Waals surface area (Å²) in [6.45, 7) is 2.07. The highest BCUT2D eigenvalue weighted by Crippen LogP contribution is 2.40. The first-order valence-electron chi connectivity index (χ1n) is 13.1. The molecular formula is C33H32ClNO4S. The number of halogens is 1. The number of hydrogen-bond donors (Lipinski definition) is 0. The van der Waals surface area contributed by atoms with Crippen molar-refractivity contribution in [3.05, 3.63) is 106 Å². The number of methoxy groups -OCH3 is 2. The molecule has 0 aliphatic carbocycles. The summed E-state index contributed by atoms with van der Waals surface area (Å²) in [4.78, 5) is 29.6. The highest BCUT2D eigenvalue weighted by Gasteiger charge is 2.18. The second-order valence-corrected chi connectivity index (χ2v) is 11.4. The Bertz CT molecular complexity index is 1520. The molecule has 40 heavy (non-hydrogen) atoms. The van der Waals surface area contributed by atoms with Crippen LogP contribution in [0.1, 0.15) is 58.6 Å². The monoisotopic (exact) mass is 573 g/mol. The van der Waals surface area contributed by atoms with Gasteiger partial charge in [-0.25, -0.2) is 9.78 Å². The van der Waals surface area contributed by atoms with Gasteiger partial charge in [0.2, 0.25) is 0 Å². The molecule has 206 valence electrons. The SMILES string of the molecule is COC(=O)CC(C)CCC(Sc1cccc(C(=O)OC)c1)c1cccc(/C=C/c2ccc3ccc(Cl)cc3n2)c1. The van der Waals surface area contributed by atoms with Gasteiger partial charge in [-0.2, -0.15) is 0 Å². The average Bonchev–Trinajstić information content (AvgIpc) is 2.97. The van der Waals surface area contributed by atoms with E-state index in [4.69, 9.17) is 26.1 Å². The molecule has 1 heterocycles. The first-order valence-corrected chi connectivity index (χ1v) is 14.4. The van der Waals surface area contributed by atoms with Crippen LogP contribution in [0.25, 0.3) is 23.1 Å². The molecule has 0 aliphatic heterocycles. The summed E-state index contributed by atoms with van der Waals surface area (Å²) in [5, 5.41) is 1.82. The van der Waals surface area contributed by atoms with Gasteiger partial charge in [-0.15, -0.1) is 11.8 Å². The Morgan fingerprint density at radius 2 is 1.73 bits per heavy atom. The summed E-state index contributed by atoms with van der Waals surface area (Å²) < 4.78 is 9.76. The number of ether oxygens (including phenoxy) is 2. The Morgan fingerprint density at radius 1 is 0.925 bits per heavy atom. The Balaban J connectivity index is 1.57. The minimum Gasteiger partial charge on any atom is -0.469 e. The number of aromatic nitrogens is 1. The highest BCUT2D eigenvalue weighted by atomic mass is 35.5. The number of hydrogen-bond acceptors (Lipinski definition) is 6. The van der Waals surface area contributed by atoms with Crippen molar-refractivity contribution in [2.24, 2.45) is 5.92 Å². The first kappa shape index (κ1) is 29.4. The van der Waals surface area contributed by atoms with E-state index in [1.165, 1.54) is 19.8 Å². The predicted octanol–water partition coefficient (Wildman–Crippen LogP) is 8.66. The lowest BCUT2D eigenvalue weighted by Crippen LogP contribution is -2.08.